The highest BCUT2D eigenvalue weighted by molar-refractivity contribution is 5.99. The fourth-order valence-corrected chi connectivity index (χ4v) is 3.06. The number of para-hydroxylation sites is 1. The van der Waals surface area contributed by atoms with Crippen LogP contribution in [0.5, 0.6) is 0 Å². The van der Waals surface area contributed by atoms with Crippen molar-refractivity contribution in [3.63, 3.8) is 0 Å². The zero-order valence-corrected chi connectivity index (χ0v) is 15.9. The molecule has 3 rings (SSSR count). The van der Waals surface area contributed by atoms with Gasteiger partial charge in [-0.05, 0) is 49.2 Å². The summed E-state index contributed by atoms with van der Waals surface area (Å²) in [4.78, 5) is 11.9. The monoisotopic (exact) mass is 363 g/mol. The van der Waals surface area contributed by atoms with Gasteiger partial charge in [0, 0.05) is 38.1 Å². The van der Waals surface area contributed by atoms with E-state index in [1.807, 2.05) is 57.4 Å². The number of fused-ring (bicyclic) bond motifs is 1. The van der Waals surface area contributed by atoms with Crippen molar-refractivity contribution in [3.05, 3.63) is 54.2 Å². The van der Waals surface area contributed by atoms with Crippen LogP contribution < -0.4 is 16.0 Å². The van der Waals surface area contributed by atoms with Crippen LogP contribution in [0.15, 0.2) is 53.8 Å². The molecule has 27 heavy (non-hydrogen) atoms. The Morgan fingerprint density at radius 2 is 2.04 bits per heavy atom. The number of carbonyl (C=O) groups excluding carboxylic acids is 1. The van der Waals surface area contributed by atoms with Crippen molar-refractivity contribution in [2.24, 2.45) is 5.10 Å². The molecule has 0 fully saturated rings. The molecule has 6 nitrogen and oxygen atoms in total. The predicted octanol–water partition coefficient (Wildman–Crippen LogP) is 4.48. The Hall–Kier alpha value is -3.28. The highest BCUT2D eigenvalue weighted by atomic mass is 16.1. The van der Waals surface area contributed by atoms with Crippen LogP contribution in [0.3, 0.4) is 0 Å². The molecule has 2 aromatic rings. The number of hydrogen-bond acceptors (Lipinski definition) is 5. The van der Waals surface area contributed by atoms with E-state index in [0.717, 1.165) is 33.9 Å². The number of hydrogen-bond donors (Lipinski definition) is 3. The topological polar surface area (TPSA) is 68.8 Å². The van der Waals surface area contributed by atoms with E-state index in [4.69, 9.17) is 0 Å². The second kappa shape index (κ2) is 7.95. The van der Waals surface area contributed by atoms with Gasteiger partial charge in [-0.15, -0.1) is 0 Å². The van der Waals surface area contributed by atoms with Crippen LogP contribution in [0.2, 0.25) is 0 Å². The average Bonchev–Trinajstić information content (AvgIpc) is 2.79. The summed E-state index contributed by atoms with van der Waals surface area (Å²) in [6.45, 7) is 7.55. The third kappa shape index (κ3) is 4.47. The molecule has 0 unspecified atom stereocenters. The summed E-state index contributed by atoms with van der Waals surface area (Å²) in [6.07, 6.45) is 2.38. The molecule has 0 radical (unpaired) electrons. The molecule has 0 spiro atoms. The molecule has 0 aromatic heterocycles. The summed E-state index contributed by atoms with van der Waals surface area (Å²) in [5, 5.41) is 15.4. The Morgan fingerprint density at radius 3 is 2.74 bits per heavy atom. The van der Waals surface area contributed by atoms with Gasteiger partial charge in [0.05, 0.1) is 17.1 Å². The van der Waals surface area contributed by atoms with Crippen LogP contribution in [-0.2, 0) is 4.79 Å². The van der Waals surface area contributed by atoms with E-state index in [9.17, 15) is 4.79 Å². The van der Waals surface area contributed by atoms with Gasteiger partial charge in [0.25, 0.3) is 0 Å². The number of carbonyl (C=O) groups is 1. The van der Waals surface area contributed by atoms with Crippen LogP contribution in [0.1, 0.15) is 25.8 Å². The van der Waals surface area contributed by atoms with E-state index in [2.05, 4.69) is 39.9 Å². The third-order valence-electron chi connectivity index (χ3n) is 4.44. The van der Waals surface area contributed by atoms with E-state index < -0.39 is 0 Å². The number of benzene rings is 2. The number of amides is 1. The minimum absolute atomic E-state index is 0.0245. The number of nitrogens with zero attached hydrogens (tertiary/aromatic N) is 2. The van der Waals surface area contributed by atoms with Crippen LogP contribution in [-0.4, -0.2) is 30.7 Å². The smallest absolute Gasteiger partial charge is 0.226 e. The maximum atomic E-state index is 11.9. The number of anilines is 4. The van der Waals surface area contributed by atoms with E-state index in [-0.39, 0.29) is 11.9 Å². The fourth-order valence-electron chi connectivity index (χ4n) is 3.06. The Morgan fingerprint density at radius 1 is 1.30 bits per heavy atom. The molecule has 1 aliphatic heterocycles. The number of allylic oxidation sites excluding steroid dienone is 1. The second-order valence-corrected chi connectivity index (χ2v) is 6.76. The highest BCUT2D eigenvalue weighted by Gasteiger charge is 2.19. The molecule has 1 amide bonds. The molecule has 2 aromatic carbocycles. The molecular formula is C21H25N5O. The van der Waals surface area contributed by atoms with Gasteiger partial charge in [0.1, 0.15) is 0 Å². The van der Waals surface area contributed by atoms with E-state index in [0.29, 0.717) is 6.42 Å². The maximum Gasteiger partial charge on any atom is 0.226 e. The first-order valence-corrected chi connectivity index (χ1v) is 8.91. The van der Waals surface area contributed by atoms with E-state index >= 15 is 0 Å². The van der Waals surface area contributed by atoms with Crippen molar-refractivity contribution in [2.75, 3.05) is 23.0 Å². The predicted molar refractivity (Wildman–Crippen MR) is 113 cm³/mol. The van der Waals surface area contributed by atoms with Crippen molar-refractivity contribution in [1.29, 1.82) is 0 Å². The zero-order chi connectivity index (χ0) is 19.4. The van der Waals surface area contributed by atoms with Gasteiger partial charge >= 0.3 is 0 Å². The van der Waals surface area contributed by atoms with Crippen LogP contribution in [0.25, 0.3) is 5.57 Å². The van der Waals surface area contributed by atoms with Crippen molar-refractivity contribution >= 4 is 40.9 Å². The number of nitrogens with one attached hydrogen (secondary N) is 3. The molecule has 1 aliphatic rings. The molecule has 0 bridgehead atoms. The summed E-state index contributed by atoms with van der Waals surface area (Å²) in [6, 6.07) is 14.1. The quantitative estimate of drug-likeness (QED) is 0.541. The molecule has 0 saturated carbocycles. The lowest BCUT2D eigenvalue weighted by Gasteiger charge is -2.18. The fraction of sp³-hybridized carbons (Fsp3) is 0.238. The van der Waals surface area contributed by atoms with Gasteiger partial charge in [0.2, 0.25) is 5.91 Å². The molecule has 0 saturated heterocycles. The van der Waals surface area contributed by atoms with Gasteiger partial charge in [-0.2, -0.15) is 5.10 Å². The molecule has 140 valence electrons. The van der Waals surface area contributed by atoms with Gasteiger partial charge in [-0.1, -0.05) is 18.2 Å². The molecular weight excluding hydrogens is 338 g/mol. The highest BCUT2D eigenvalue weighted by Crippen LogP contribution is 2.35. The summed E-state index contributed by atoms with van der Waals surface area (Å²) >= 11 is 0. The van der Waals surface area contributed by atoms with Crippen molar-refractivity contribution in [2.45, 2.75) is 26.3 Å². The third-order valence-corrected chi connectivity index (χ3v) is 4.44. The first kappa shape index (κ1) is 18.5. The second-order valence-electron chi connectivity index (χ2n) is 6.76. The van der Waals surface area contributed by atoms with Gasteiger partial charge in [-0.3, -0.25) is 9.80 Å². The molecule has 1 heterocycles. The van der Waals surface area contributed by atoms with Crippen molar-refractivity contribution in [1.82, 2.24) is 5.01 Å². The average molecular weight is 363 g/mol. The Balaban J connectivity index is 1.82. The Kier molecular flexibility index (Phi) is 5.45. The summed E-state index contributed by atoms with van der Waals surface area (Å²) < 4.78 is 0. The number of rotatable bonds is 5. The summed E-state index contributed by atoms with van der Waals surface area (Å²) in [5.74, 6) is 0.0245. The van der Waals surface area contributed by atoms with Crippen LogP contribution in [0, 0.1) is 0 Å². The maximum absolute atomic E-state index is 11.9. The summed E-state index contributed by atoms with van der Waals surface area (Å²) in [5.41, 5.74) is 5.82. The minimum Gasteiger partial charge on any atom is -0.379 e. The van der Waals surface area contributed by atoms with Crippen LogP contribution >= 0.6 is 0 Å². The van der Waals surface area contributed by atoms with Gasteiger partial charge in [0.15, 0.2) is 0 Å². The number of hydrazone groups is 1. The SMILES string of the molecule is C=NN(C)/C=C(\C)c1ccc(Nc2cccc3c2N[C@H](C)CC(=O)N3)cc1. The minimum atomic E-state index is 0.0245. The lowest BCUT2D eigenvalue weighted by atomic mass is 10.1. The molecule has 0 aliphatic carbocycles. The lowest BCUT2D eigenvalue weighted by Crippen LogP contribution is -2.19. The lowest BCUT2D eigenvalue weighted by molar-refractivity contribution is -0.116. The zero-order valence-electron chi connectivity index (χ0n) is 15.9. The Labute approximate surface area is 160 Å². The molecule has 3 N–H and O–H groups in total. The normalized spacial score (nSPS) is 16.5. The standard InChI is InChI=1S/C21H25N5O/c1-14(13-26(4)22-3)16-8-10-17(11-9-16)24-18-6-5-7-19-21(18)23-15(2)12-20(27)25-19/h5-11,13,15,23-24H,3,12H2,1-2,4H3,(H,25,27)/b14-13+/t15-/m1/s1. The van der Waals surface area contributed by atoms with Crippen molar-refractivity contribution < 1.29 is 4.79 Å². The summed E-state index contributed by atoms with van der Waals surface area (Å²) in [7, 11) is 1.85. The van der Waals surface area contributed by atoms with E-state index in [1.165, 1.54) is 0 Å². The first-order valence-electron chi connectivity index (χ1n) is 8.91. The first-order chi connectivity index (χ1) is 13.0. The van der Waals surface area contributed by atoms with Crippen molar-refractivity contribution in [3.8, 4) is 0 Å². The Bertz CT molecular complexity index is 873. The largest absolute Gasteiger partial charge is 0.379 e. The van der Waals surface area contributed by atoms with Gasteiger partial charge < -0.3 is 16.0 Å². The van der Waals surface area contributed by atoms with E-state index in [1.54, 1.807) is 5.01 Å². The molecule has 6 heteroatoms. The van der Waals surface area contributed by atoms with Crippen LogP contribution in [0.4, 0.5) is 22.7 Å². The van der Waals surface area contributed by atoms with Gasteiger partial charge in [-0.25, -0.2) is 0 Å². The molecule has 1 atom stereocenters.